The van der Waals surface area contributed by atoms with E-state index >= 15 is 0 Å². The third kappa shape index (κ3) is 3.76. The largest absolute Gasteiger partial charge is 0.457 e. The van der Waals surface area contributed by atoms with Gasteiger partial charge in [0.1, 0.15) is 11.5 Å². The van der Waals surface area contributed by atoms with Gasteiger partial charge in [-0.15, -0.1) is 11.3 Å². The van der Waals surface area contributed by atoms with Crippen molar-refractivity contribution in [2.45, 2.75) is 25.7 Å². The summed E-state index contributed by atoms with van der Waals surface area (Å²) in [5.41, 5.74) is 9.74. The molecule has 0 bridgehead atoms. The minimum Gasteiger partial charge on any atom is -0.457 e. The van der Waals surface area contributed by atoms with Crippen LogP contribution in [0.1, 0.15) is 36.1 Å². The van der Waals surface area contributed by atoms with Gasteiger partial charge in [0, 0.05) is 36.7 Å². The Morgan fingerprint density at radius 3 is 2.24 bits per heavy atom. The highest BCUT2D eigenvalue weighted by Crippen LogP contribution is 2.53. The molecule has 0 spiro atoms. The lowest BCUT2D eigenvalue weighted by Gasteiger charge is -2.38. The Kier molecular flexibility index (Phi) is 5.80. The van der Waals surface area contributed by atoms with Crippen molar-refractivity contribution in [3.63, 3.8) is 0 Å². The average Bonchev–Trinajstić information content (AvgIpc) is 3.43. The van der Waals surface area contributed by atoms with Gasteiger partial charge in [-0.25, -0.2) is 0 Å². The lowest BCUT2D eigenvalue weighted by Crippen LogP contribution is -2.29. The Morgan fingerprint density at radius 2 is 1.36 bits per heavy atom. The summed E-state index contributed by atoms with van der Waals surface area (Å²) in [6, 6.07) is 48.5. The number of aryl methyl sites for hydroxylation is 1. The van der Waals surface area contributed by atoms with Gasteiger partial charge in [0.2, 0.25) is 0 Å². The third-order valence-corrected chi connectivity index (χ3v) is 10.3. The first-order valence-electron chi connectivity index (χ1n) is 14.7. The average molecular weight is 559 g/mol. The predicted octanol–water partition coefficient (Wildman–Crippen LogP) is 11.4. The van der Waals surface area contributed by atoms with Crippen LogP contribution in [-0.2, 0) is 11.8 Å². The summed E-state index contributed by atoms with van der Waals surface area (Å²) in [5, 5.41) is 2.64. The highest BCUT2D eigenvalue weighted by molar-refractivity contribution is 7.26. The number of rotatable bonds is 4. The van der Waals surface area contributed by atoms with Gasteiger partial charge in [-0.1, -0.05) is 110 Å². The van der Waals surface area contributed by atoms with Crippen LogP contribution in [0.4, 0.5) is 0 Å². The standard InChI is InChI=1S/C40H30OS/c1-3-26-12-7-8-15-30(26)31-16-11-17-32-33-25-29(21-23-38(33)42-39(31)32)40(2)34-18-9-10-19-36(34)41-37-22-20-28(24-35(37)40)27-13-5-4-6-14-27/h4-25H,3H2,1-2H3. The summed E-state index contributed by atoms with van der Waals surface area (Å²) in [6.07, 6.45) is 1.02. The molecule has 0 fully saturated rings. The molecule has 0 saturated heterocycles. The number of thiophene rings is 1. The van der Waals surface area contributed by atoms with Gasteiger partial charge in [0.05, 0.1) is 0 Å². The zero-order chi connectivity index (χ0) is 28.3. The van der Waals surface area contributed by atoms with Crippen LogP contribution in [0.5, 0.6) is 11.5 Å². The van der Waals surface area contributed by atoms with Crippen molar-refractivity contribution in [3.05, 3.63) is 156 Å². The fraction of sp³-hybridized carbons (Fsp3) is 0.100. The predicted molar refractivity (Wildman–Crippen MR) is 178 cm³/mol. The zero-order valence-corrected chi connectivity index (χ0v) is 24.5. The molecule has 1 unspecified atom stereocenters. The maximum atomic E-state index is 6.52. The third-order valence-electron chi connectivity index (χ3n) is 9.03. The number of fused-ring (bicyclic) bond motifs is 5. The van der Waals surface area contributed by atoms with Crippen LogP contribution in [0.15, 0.2) is 133 Å². The normalized spacial score (nSPS) is 15.8. The van der Waals surface area contributed by atoms with Gasteiger partial charge >= 0.3 is 0 Å². The van der Waals surface area contributed by atoms with E-state index in [1.165, 1.54) is 64.7 Å². The van der Waals surface area contributed by atoms with Crippen molar-refractivity contribution in [2.75, 3.05) is 0 Å². The molecular formula is C40H30OS. The Hall–Kier alpha value is -4.66. The Bertz CT molecular complexity index is 2120. The summed E-state index contributed by atoms with van der Waals surface area (Å²) in [4.78, 5) is 0. The van der Waals surface area contributed by atoms with E-state index in [-0.39, 0.29) is 5.41 Å². The van der Waals surface area contributed by atoms with Crippen molar-refractivity contribution in [2.24, 2.45) is 0 Å². The van der Waals surface area contributed by atoms with Crippen LogP contribution in [0.3, 0.4) is 0 Å². The van der Waals surface area contributed by atoms with Gasteiger partial charge in [0.25, 0.3) is 0 Å². The number of ether oxygens (including phenoxy) is 1. The van der Waals surface area contributed by atoms with Crippen LogP contribution < -0.4 is 4.74 Å². The molecule has 1 nitrogen and oxygen atoms in total. The van der Waals surface area contributed by atoms with Crippen LogP contribution in [0, 0.1) is 0 Å². The smallest absolute Gasteiger partial charge is 0.131 e. The summed E-state index contributed by atoms with van der Waals surface area (Å²) < 4.78 is 9.19. The molecule has 7 aromatic rings. The number of para-hydroxylation sites is 1. The fourth-order valence-electron chi connectivity index (χ4n) is 6.78. The van der Waals surface area contributed by atoms with Crippen molar-refractivity contribution in [3.8, 4) is 33.8 Å². The fourth-order valence-corrected chi connectivity index (χ4v) is 7.99. The van der Waals surface area contributed by atoms with Gasteiger partial charge in [-0.3, -0.25) is 0 Å². The first kappa shape index (κ1) is 25.1. The van der Waals surface area contributed by atoms with Crippen LogP contribution >= 0.6 is 11.3 Å². The van der Waals surface area contributed by atoms with E-state index in [2.05, 4.69) is 147 Å². The van der Waals surface area contributed by atoms with Gasteiger partial charge < -0.3 is 4.74 Å². The summed E-state index contributed by atoms with van der Waals surface area (Å²) >= 11 is 1.90. The lowest BCUT2D eigenvalue weighted by atomic mass is 9.68. The SMILES string of the molecule is CCc1ccccc1-c1cccc2c1sc1ccc(C3(C)c4ccccc4Oc4ccc(-c5ccccc5)cc43)cc12. The molecule has 6 aromatic carbocycles. The first-order chi connectivity index (χ1) is 20.6. The molecule has 0 aliphatic carbocycles. The lowest BCUT2D eigenvalue weighted by molar-refractivity contribution is 0.427. The zero-order valence-electron chi connectivity index (χ0n) is 23.7. The van der Waals surface area contributed by atoms with Crippen molar-refractivity contribution >= 4 is 31.5 Å². The van der Waals surface area contributed by atoms with E-state index in [1.807, 2.05) is 11.3 Å². The van der Waals surface area contributed by atoms with Gasteiger partial charge in [-0.2, -0.15) is 0 Å². The molecule has 0 N–H and O–H groups in total. The van der Waals surface area contributed by atoms with Crippen molar-refractivity contribution in [1.29, 1.82) is 0 Å². The van der Waals surface area contributed by atoms with E-state index in [1.54, 1.807) is 0 Å². The number of hydrogen-bond donors (Lipinski definition) is 0. The molecular weight excluding hydrogens is 529 g/mol. The molecule has 1 aromatic heterocycles. The molecule has 0 saturated carbocycles. The first-order valence-corrected chi connectivity index (χ1v) is 15.5. The molecule has 8 rings (SSSR count). The van der Waals surface area contributed by atoms with Crippen molar-refractivity contribution in [1.82, 2.24) is 0 Å². The maximum Gasteiger partial charge on any atom is 0.131 e. The molecule has 42 heavy (non-hydrogen) atoms. The highest BCUT2D eigenvalue weighted by Gasteiger charge is 2.40. The Balaban J connectivity index is 1.36. The molecule has 0 radical (unpaired) electrons. The molecule has 1 aliphatic rings. The second-order valence-corrected chi connectivity index (χ2v) is 12.4. The maximum absolute atomic E-state index is 6.52. The molecule has 1 atom stereocenters. The Labute approximate surface area is 250 Å². The topological polar surface area (TPSA) is 9.23 Å². The second kappa shape index (κ2) is 9.72. The van der Waals surface area contributed by atoms with E-state index in [9.17, 15) is 0 Å². The van der Waals surface area contributed by atoms with Crippen LogP contribution in [0.2, 0.25) is 0 Å². The van der Waals surface area contributed by atoms with E-state index in [4.69, 9.17) is 4.74 Å². The molecule has 2 heteroatoms. The Morgan fingerprint density at radius 1 is 0.595 bits per heavy atom. The highest BCUT2D eigenvalue weighted by atomic mass is 32.1. The van der Waals surface area contributed by atoms with E-state index < -0.39 is 0 Å². The van der Waals surface area contributed by atoms with Gasteiger partial charge in [0.15, 0.2) is 0 Å². The van der Waals surface area contributed by atoms with Crippen LogP contribution in [-0.4, -0.2) is 0 Å². The second-order valence-electron chi connectivity index (χ2n) is 11.3. The quantitative estimate of drug-likeness (QED) is 0.209. The van der Waals surface area contributed by atoms with Gasteiger partial charge in [-0.05, 0) is 77.1 Å². The monoisotopic (exact) mass is 558 g/mol. The minimum absolute atomic E-state index is 0.385. The molecule has 202 valence electrons. The number of hydrogen-bond acceptors (Lipinski definition) is 2. The van der Waals surface area contributed by atoms with Crippen molar-refractivity contribution < 1.29 is 4.74 Å². The van der Waals surface area contributed by atoms with E-state index in [0.717, 1.165) is 17.9 Å². The molecule has 0 amide bonds. The minimum atomic E-state index is -0.385. The molecule has 1 aliphatic heterocycles. The van der Waals surface area contributed by atoms with Crippen LogP contribution in [0.25, 0.3) is 42.4 Å². The summed E-state index contributed by atoms with van der Waals surface area (Å²) in [7, 11) is 0. The summed E-state index contributed by atoms with van der Waals surface area (Å²) in [6.45, 7) is 4.60. The molecule has 2 heterocycles. The summed E-state index contributed by atoms with van der Waals surface area (Å²) in [5.74, 6) is 1.85. The van der Waals surface area contributed by atoms with E-state index in [0.29, 0.717) is 0 Å². The number of benzene rings is 6.